The molecule has 3 unspecified atom stereocenters. The van der Waals surface area contributed by atoms with Crippen molar-refractivity contribution in [2.24, 2.45) is 0 Å². The van der Waals surface area contributed by atoms with E-state index in [2.05, 4.69) is 9.80 Å². The summed E-state index contributed by atoms with van der Waals surface area (Å²) in [6, 6.07) is 7.19. The molecule has 0 radical (unpaired) electrons. The van der Waals surface area contributed by atoms with E-state index in [1.165, 1.54) is 39.5 Å². The van der Waals surface area contributed by atoms with Gasteiger partial charge in [0.15, 0.2) is 11.5 Å². The molecule has 0 aromatic heterocycles. The smallest absolute Gasteiger partial charge is 0.451 e. The van der Waals surface area contributed by atoms with Gasteiger partial charge in [-0.05, 0) is 69.5 Å². The largest absolute Gasteiger partial charge is 0.497 e. The summed E-state index contributed by atoms with van der Waals surface area (Å²) < 4.78 is 62.5. The average molecular weight is 763 g/mol. The van der Waals surface area contributed by atoms with Gasteiger partial charge in [-0.3, -0.25) is 0 Å². The number of fused-ring (bicyclic) bond motifs is 5. The maximum atomic E-state index is 13.8. The summed E-state index contributed by atoms with van der Waals surface area (Å²) in [6.07, 6.45) is 2.58. The van der Waals surface area contributed by atoms with Crippen molar-refractivity contribution >= 4 is 34.5 Å². The Kier molecular flexibility index (Phi) is 13.3. The standard InChI is InChI=1S/C32H41F2IN2O9/c1-40-24-8-9-25(26(21-24)46-32(33,34)35)31(39)45-23-7-4-17-43-28-20-22(19-27(41-2)29(28)42-3)30(38)44-18-6-13-36-11-5-12-37(14-10-23)16-15-36/h8-9,19-21,23H,4-7,10-18H2,1-3H3. The monoisotopic (exact) mass is 762 g/mol. The van der Waals surface area contributed by atoms with Gasteiger partial charge < -0.3 is 43.0 Å². The van der Waals surface area contributed by atoms with E-state index < -0.39 is 22.2 Å². The minimum Gasteiger partial charge on any atom is -0.497 e. The summed E-state index contributed by atoms with van der Waals surface area (Å²) >= 11 is 0.849. The number of hydrogen-bond acceptors (Lipinski definition) is 11. The molecule has 11 nitrogen and oxygen atoms in total. The lowest BCUT2D eigenvalue weighted by molar-refractivity contribution is -0.0698. The van der Waals surface area contributed by atoms with E-state index in [1.54, 1.807) is 12.1 Å². The van der Waals surface area contributed by atoms with E-state index in [9.17, 15) is 18.4 Å². The number of rotatable bonds is 7. The van der Waals surface area contributed by atoms with Gasteiger partial charge in [-0.15, -0.1) is 0 Å². The van der Waals surface area contributed by atoms with E-state index in [0.29, 0.717) is 49.5 Å². The highest BCUT2D eigenvalue weighted by Crippen LogP contribution is 2.39. The van der Waals surface area contributed by atoms with Gasteiger partial charge in [-0.25, -0.2) is 9.59 Å². The van der Waals surface area contributed by atoms with Crippen LogP contribution in [0.3, 0.4) is 0 Å². The molecular weight excluding hydrogens is 721 g/mol. The normalized spacial score (nSPS) is 21.7. The summed E-state index contributed by atoms with van der Waals surface area (Å²) in [6.45, 7) is 5.52. The Balaban J connectivity index is 1.55. The Hall–Kier alpha value is -3.11. The fraction of sp³-hybridized carbons (Fsp3) is 0.562. The Morgan fingerprint density at radius 2 is 1.57 bits per heavy atom. The summed E-state index contributed by atoms with van der Waals surface area (Å²) in [5, 5.41) is 0. The first-order chi connectivity index (χ1) is 22.1. The van der Waals surface area contributed by atoms with E-state index >= 15 is 0 Å². The van der Waals surface area contributed by atoms with Crippen LogP contribution in [0.2, 0.25) is 0 Å². The van der Waals surface area contributed by atoms with Crippen LogP contribution in [0.15, 0.2) is 30.3 Å². The van der Waals surface area contributed by atoms with Gasteiger partial charge in [0.05, 0.1) is 62.7 Å². The van der Waals surface area contributed by atoms with Crippen molar-refractivity contribution < 1.29 is 51.5 Å². The Morgan fingerprint density at radius 1 is 0.848 bits per heavy atom. The van der Waals surface area contributed by atoms with Crippen LogP contribution >= 0.6 is 22.6 Å². The maximum Gasteiger partial charge on any atom is 0.451 e. The van der Waals surface area contributed by atoms with E-state index in [0.717, 1.165) is 61.7 Å². The third kappa shape index (κ3) is 10.5. The van der Waals surface area contributed by atoms with Gasteiger partial charge in [0, 0.05) is 32.2 Å². The summed E-state index contributed by atoms with van der Waals surface area (Å²) in [5.41, 5.74) is 0.146. The lowest BCUT2D eigenvalue weighted by atomic mass is 10.1. The van der Waals surface area contributed by atoms with Crippen molar-refractivity contribution in [3.8, 4) is 28.7 Å². The van der Waals surface area contributed by atoms with Gasteiger partial charge in [0.2, 0.25) is 5.75 Å². The number of nitrogens with zero attached hydrogens (tertiary/aromatic N) is 2. The molecular formula is C32H41F2IN2O9. The van der Waals surface area contributed by atoms with Crippen LogP contribution in [0.5, 0.6) is 28.7 Å². The fourth-order valence-electron chi connectivity index (χ4n) is 5.47. The van der Waals surface area contributed by atoms with E-state index in [-0.39, 0.29) is 35.8 Å². The maximum absolute atomic E-state index is 13.8. The molecule has 2 heterocycles. The van der Waals surface area contributed by atoms with Crippen molar-refractivity contribution in [2.75, 3.05) is 73.8 Å². The molecule has 0 spiro atoms. The van der Waals surface area contributed by atoms with Gasteiger partial charge in [0.1, 0.15) is 23.2 Å². The van der Waals surface area contributed by atoms with Crippen LogP contribution in [0.1, 0.15) is 52.8 Å². The zero-order chi connectivity index (χ0) is 33.1. The molecule has 0 aliphatic carbocycles. The van der Waals surface area contributed by atoms with Crippen molar-refractivity contribution in [3.05, 3.63) is 41.5 Å². The topological polar surface area (TPSA) is 105 Å². The molecule has 2 aromatic rings. The molecule has 0 N–H and O–H groups in total. The molecule has 0 amide bonds. The molecule has 2 aromatic carbocycles. The van der Waals surface area contributed by atoms with Crippen LogP contribution in [0.25, 0.3) is 0 Å². The second-order valence-corrected chi connectivity index (χ2v) is 12.2. The highest BCUT2D eigenvalue weighted by molar-refractivity contribution is 14.1. The molecule has 1 fully saturated rings. The van der Waals surface area contributed by atoms with Gasteiger partial charge >= 0.3 is 16.1 Å². The molecule has 1 saturated heterocycles. The minimum atomic E-state index is -3.55. The lowest BCUT2D eigenvalue weighted by Gasteiger charge is -2.25. The highest BCUT2D eigenvalue weighted by atomic mass is 127. The Morgan fingerprint density at radius 3 is 2.26 bits per heavy atom. The van der Waals surface area contributed by atoms with Gasteiger partial charge in [-0.2, -0.15) is 8.78 Å². The van der Waals surface area contributed by atoms with Crippen molar-refractivity contribution in [1.82, 2.24) is 9.80 Å². The zero-order valence-electron chi connectivity index (χ0n) is 26.4. The van der Waals surface area contributed by atoms with Crippen molar-refractivity contribution in [3.63, 3.8) is 0 Å². The molecule has 2 aliphatic rings. The third-order valence-electron chi connectivity index (χ3n) is 7.82. The van der Waals surface area contributed by atoms with Crippen molar-refractivity contribution in [1.29, 1.82) is 0 Å². The first kappa shape index (κ1) is 35.7. The number of alkyl halides is 3. The van der Waals surface area contributed by atoms with Gasteiger partial charge in [0.25, 0.3) is 0 Å². The Bertz CT molecular complexity index is 1330. The second-order valence-electron chi connectivity index (χ2n) is 11.0. The SMILES string of the molecule is COc1ccc(C(=O)OC2CCCOc3cc(cc(OC)c3OC)C(=O)OCCCN3CCCN(CC2)CC3)c(OC(F)(F)I)c1. The van der Waals surface area contributed by atoms with Crippen LogP contribution in [-0.4, -0.2) is 106 Å². The number of carbonyl (C=O) groups is 2. The van der Waals surface area contributed by atoms with Crippen LogP contribution in [0, 0.1) is 0 Å². The molecule has 46 heavy (non-hydrogen) atoms. The first-order valence-electron chi connectivity index (χ1n) is 15.3. The second kappa shape index (κ2) is 17.2. The highest BCUT2D eigenvalue weighted by Gasteiger charge is 2.30. The molecule has 4 rings (SSSR count). The molecule has 4 bridgehead atoms. The quantitative estimate of drug-likeness (QED) is 0.205. The number of esters is 2. The molecule has 3 atom stereocenters. The van der Waals surface area contributed by atoms with Gasteiger partial charge in [-0.1, -0.05) is 0 Å². The van der Waals surface area contributed by atoms with Crippen LogP contribution in [-0.2, 0) is 9.47 Å². The Labute approximate surface area is 281 Å². The number of benzene rings is 2. The number of hydrogen-bond donors (Lipinski definition) is 0. The number of carbonyl (C=O) groups excluding carboxylic acids is 2. The van der Waals surface area contributed by atoms with Crippen LogP contribution < -0.4 is 23.7 Å². The summed E-state index contributed by atoms with van der Waals surface area (Å²) in [4.78, 5) is 31.0. The predicted octanol–water partition coefficient (Wildman–Crippen LogP) is 5.42. The van der Waals surface area contributed by atoms with E-state index in [4.69, 9.17) is 33.2 Å². The number of cyclic esters (lactones) is 1. The number of methoxy groups -OCH3 is 3. The lowest BCUT2D eigenvalue weighted by Crippen LogP contribution is -2.34. The molecule has 254 valence electrons. The van der Waals surface area contributed by atoms with Crippen molar-refractivity contribution in [2.45, 2.75) is 42.3 Å². The third-order valence-corrected chi connectivity index (χ3v) is 8.04. The molecule has 2 aliphatic heterocycles. The minimum absolute atomic E-state index is 0.130. The average Bonchev–Trinajstić information content (AvgIpc) is 3.26. The van der Waals surface area contributed by atoms with E-state index in [1.807, 2.05) is 0 Å². The summed E-state index contributed by atoms with van der Waals surface area (Å²) in [5.74, 6) is -0.367. The molecule has 14 heteroatoms. The fourth-order valence-corrected chi connectivity index (χ4v) is 5.70. The number of halogens is 3. The first-order valence-corrected chi connectivity index (χ1v) is 16.3. The molecule has 0 saturated carbocycles. The number of ether oxygens (including phenoxy) is 7. The van der Waals surface area contributed by atoms with Crippen LogP contribution in [0.4, 0.5) is 8.78 Å². The predicted molar refractivity (Wildman–Crippen MR) is 173 cm³/mol. The zero-order valence-corrected chi connectivity index (χ0v) is 28.5. The summed E-state index contributed by atoms with van der Waals surface area (Å²) in [7, 11) is 4.34.